The van der Waals surface area contributed by atoms with Crippen molar-refractivity contribution < 1.29 is 4.79 Å². The van der Waals surface area contributed by atoms with E-state index in [1.807, 2.05) is 36.4 Å². The van der Waals surface area contributed by atoms with Crippen molar-refractivity contribution in [1.82, 2.24) is 5.32 Å². The Bertz CT molecular complexity index is 494. The third kappa shape index (κ3) is 3.55. The number of nitrogens with one attached hydrogen (secondary N) is 1. The molecule has 2 aromatic carbocycles. The fourth-order valence-corrected chi connectivity index (χ4v) is 2.07. The lowest BCUT2D eigenvalue weighted by atomic mass is 9.91. The lowest BCUT2D eigenvalue weighted by Gasteiger charge is -2.18. The summed E-state index contributed by atoms with van der Waals surface area (Å²) in [5, 5.41) is 2.87. The number of hydrogen-bond donors (Lipinski definition) is 1. The van der Waals surface area contributed by atoms with E-state index in [1.165, 1.54) is 17.2 Å². The van der Waals surface area contributed by atoms with Crippen LogP contribution in [0.1, 0.15) is 17.0 Å². The molecule has 2 aromatic rings. The van der Waals surface area contributed by atoms with E-state index in [9.17, 15) is 4.79 Å². The molecule has 0 aliphatic rings. The Morgan fingerprint density at radius 3 is 1.89 bits per heavy atom. The first-order valence-corrected chi connectivity index (χ1v) is 6.31. The molecular weight excluding hydrogens is 234 g/mol. The molecule has 0 atom stereocenters. The van der Waals surface area contributed by atoms with E-state index in [0.717, 1.165) is 0 Å². The second-order valence-electron chi connectivity index (χ2n) is 4.32. The standard InChI is InChI=1S/C17H17NO/c1-2-17(19)18-13-16(14-9-5-3-6-10-14)15-11-7-4-8-12-15/h2-12,16H,1,13H2,(H,18,19). The van der Waals surface area contributed by atoms with Crippen molar-refractivity contribution in [2.75, 3.05) is 6.54 Å². The van der Waals surface area contributed by atoms with Crippen LogP contribution < -0.4 is 5.32 Å². The van der Waals surface area contributed by atoms with Crippen LogP contribution in [0.3, 0.4) is 0 Å². The molecule has 0 unspecified atom stereocenters. The van der Waals surface area contributed by atoms with E-state index in [1.54, 1.807) is 0 Å². The summed E-state index contributed by atoms with van der Waals surface area (Å²) in [6, 6.07) is 20.4. The molecule has 1 N–H and O–H groups in total. The highest BCUT2D eigenvalue weighted by molar-refractivity contribution is 5.86. The molecule has 0 bridgehead atoms. The zero-order valence-corrected chi connectivity index (χ0v) is 10.8. The predicted molar refractivity (Wildman–Crippen MR) is 77.9 cm³/mol. The Hall–Kier alpha value is -2.35. The van der Waals surface area contributed by atoms with Gasteiger partial charge in [0.05, 0.1) is 0 Å². The number of carbonyl (C=O) groups is 1. The lowest BCUT2D eigenvalue weighted by Crippen LogP contribution is -2.27. The molecule has 0 saturated heterocycles. The molecule has 0 saturated carbocycles. The summed E-state index contributed by atoms with van der Waals surface area (Å²) in [6.45, 7) is 4.04. The monoisotopic (exact) mass is 251 g/mol. The summed E-state index contributed by atoms with van der Waals surface area (Å²) in [7, 11) is 0. The van der Waals surface area contributed by atoms with Crippen LogP contribution in [-0.4, -0.2) is 12.5 Å². The third-order valence-corrected chi connectivity index (χ3v) is 3.07. The molecular formula is C17H17NO. The zero-order chi connectivity index (χ0) is 13.5. The van der Waals surface area contributed by atoms with E-state index in [-0.39, 0.29) is 11.8 Å². The summed E-state index contributed by atoms with van der Waals surface area (Å²) < 4.78 is 0. The van der Waals surface area contributed by atoms with Gasteiger partial charge in [-0.15, -0.1) is 0 Å². The number of benzene rings is 2. The molecule has 0 aliphatic carbocycles. The smallest absolute Gasteiger partial charge is 0.243 e. The average molecular weight is 251 g/mol. The van der Waals surface area contributed by atoms with Gasteiger partial charge >= 0.3 is 0 Å². The van der Waals surface area contributed by atoms with Crippen molar-refractivity contribution in [2.45, 2.75) is 5.92 Å². The van der Waals surface area contributed by atoms with Crippen molar-refractivity contribution in [3.63, 3.8) is 0 Å². The molecule has 2 rings (SSSR count). The molecule has 0 spiro atoms. The van der Waals surface area contributed by atoms with Gasteiger partial charge < -0.3 is 5.32 Å². The zero-order valence-electron chi connectivity index (χ0n) is 10.8. The maximum Gasteiger partial charge on any atom is 0.243 e. The van der Waals surface area contributed by atoms with Crippen LogP contribution in [0.15, 0.2) is 73.3 Å². The summed E-state index contributed by atoms with van der Waals surface area (Å²) in [5.74, 6) is 0.0168. The van der Waals surface area contributed by atoms with Gasteiger partial charge in [-0.05, 0) is 17.2 Å². The van der Waals surface area contributed by atoms with Gasteiger partial charge in [0.2, 0.25) is 5.91 Å². The molecule has 0 aromatic heterocycles. The molecule has 19 heavy (non-hydrogen) atoms. The van der Waals surface area contributed by atoms with Gasteiger partial charge in [-0.2, -0.15) is 0 Å². The Labute approximate surface area is 113 Å². The van der Waals surface area contributed by atoms with Gasteiger partial charge in [0.25, 0.3) is 0 Å². The molecule has 0 fully saturated rings. The van der Waals surface area contributed by atoms with E-state index < -0.39 is 0 Å². The number of rotatable bonds is 5. The molecule has 2 nitrogen and oxygen atoms in total. The third-order valence-electron chi connectivity index (χ3n) is 3.07. The van der Waals surface area contributed by atoms with Gasteiger partial charge in [-0.1, -0.05) is 67.2 Å². The first-order chi connectivity index (χ1) is 9.31. The maximum absolute atomic E-state index is 11.3. The minimum Gasteiger partial charge on any atom is -0.352 e. The highest BCUT2D eigenvalue weighted by Crippen LogP contribution is 2.23. The first-order valence-electron chi connectivity index (χ1n) is 6.31. The number of amides is 1. The Morgan fingerprint density at radius 2 is 1.47 bits per heavy atom. The number of hydrogen-bond acceptors (Lipinski definition) is 1. The van der Waals surface area contributed by atoms with Crippen LogP contribution in [0.5, 0.6) is 0 Å². The highest BCUT2D eigenvalue weighted by Gasteiger charge is 2.13. The molecule has 0 heterocycles. The van der Waals surface area contributed by atoms with Gasteiger partial charge in [-0.25, -0.2) is 0 Å². The molecule has 0 aliphatic heterocycles. The molecule has 2 heteroatoms. The van der Waals surface area contributed by atoms with Crippen molar-refractivity contribution in [3.8, 4) is 0 Å². The second-order valence-corrected chi connectivity index (χ2v) is 4.32. The SMILES string of the molecule is C=CC(=O)NCC(c1ccccc1)c1ccccc1. The minimum absolute atomic E-state index is 0.142. The summed E-state index contributed by atoms with van der Waals surface area (Å²) in [5.41, 5.74) is 2.39. The van der Waals surface area contributed by atoms with Crippen LogP contribution in [0.2, 0.25) is 0 Å². The topological polar surface area (TPSA) is 29.1 Å². The fourth-order valence-electron chi connectivity index (χ4n) is 2.07. The van der Waals surface area contributed by atoms with Crippen molar-refractivity contribution in [2.24, 2.45) is 0 Å². The predicted octanol–water partition coefficient (Wildman–Crippen LogP) is 3.12. The quantitative estimate of drug-likeness (QED) is 0.813. The van der Waals surface area contributed by atoms with Crippen molar-refractivity contribution in [1.29, 1.82) is 0 Å². The second kappa shape index (κ2) is 6.55. The summed E-state index contributed by atoms with van der Waals surface area (Å²) >= 11 is 0. The minimum atomic E-state index is -0.142. The summed E-state index contributed by atoms with van der Waals surface area (Å²) in [6.07, 6.45) is 1.30. The van der Waals surface area contributed by atoms with Crippen LogP contribution >= 0.6 is 0 Å². The normalized spacial score (nSPS) is 10.2. The highest BCUT2D eigenvalue weighted by atomic mass is 16.1. The largest absolute Gasteiger partial charge is 0.352 e. The van der Waals surface area contributed by atoms with Crippen molar-refractivity contribution >= 4 is 5.91 Å². The van der Waals surface area contributed by atoms with E-state index in [0.29, 0.717) is 6.54 Å². The van der Waals surface area contributed by atoms with Gasteiger partial charge in [0, 0.05) is 12.5 Å². The summed E-state index contributed by atoms with van der Waals surface area (Å²) in [4.78, 5) is 11.3. The van der Waals surface area contributed by atoms with Crippen LogP contribution in [0, 0.1) is 0 Å². The number of carbonyl (C=O) groups excluding carboxylic acids is 1. The maximum atomic E-state index is 11.3. The van der Waals surface area contributed by atoms with Crippen LogP contribution in [0.4, 0.5) is 0 Å². The lowest BCUT2D eigenvalue weighted by molar-refractivity contribution is -0.116. The van der Waals surface area contributed by atoms with Gasteiger partial charge in [-0.3, -0.25) is 4.79 Å². The Morgan fingerprint density at radius 1 is 1.00 bits per heavy atom. The molecule has 1 amide bonds. The fraction of sp³-hybridized carbons (Fsp3) is 0.118. The first kappa shape index (κ1) is 13.1. The molecule has 0 radical (unpaired) electrons. The van der Waals surface area contributed by atoms with Gasteiger partial charge in [0.1, 0.15) is 0 Å². The van der Waals surface area contributed by atoms with E-state index >= 15 is 0 Å². The van der Waals surface area contributed by atoms with Crippen molar-refractivity contribution in [3.05, 3.63) is 84.4 Å². The van der Waals surface area contributed by atoms with E-state index in [2.05, 4.69) is 36.2 Å². The van der Waals surface area contributed by atoms with Crippen LogP contribution in [-0.2, 0) is 4.79 Å². The van der Waals surface area contributed by atoms with Crippen LogP contribution in [0.25, 0.3) is 0 Å². The van der Waals surface area contributed by atoms with Gasteiger partial charge in [0.15, 0.2) is 0 Å². The Balaban J connectivity index is 2.24. The van der Waals surface area contributed by atoms with E-state index in [4.69, 9.17) is 0 Å². The Kier molecular flexibility index (Phi) is 4.51. The average Bonchev–Trinajstić information content (AvgIpc) is 2.49. The molecule has 96 valence electrons.